The van der Waals surface area contributed by atoms with Crippen LogP contribution in [0.5, 0.6) is 0 Å². The van der Waals surface area contributed by atoms with Crippen LogP contribution in [0.25, 0.3) is 0 Å². The van der Waals surface area contributed by atoms with E-state index in [4.69, 9.17) is 5.73 Å². The zero-order valence-electron chi connectivity index (χ0n) is 7.97. The van der Waals surface area contributed by atoms with E-state index in [1.165, 1.54) is 12.8 Å². The minimum Gasteiger partial charge on any atom is -0.344 e. The van der Waals surface area contributed by atoms with Crippen LogP contribution < -0.4 is 5.73 Å². The van der Waals surface area contributed by atoms with Crippen molar-refractivity contribution in [2.24, 2.45) is 11.1 Å². The molecule has 3 nitrogen and oxygen atoms in total. The largest absolute Gasteiger partial charge is 0.344 e. The highest BCUT2D eigenvalue weighted by Gasteiger charge is 2.39. The molecule has 1 aliphatic rings. The van der Waals surface area contributed by atoms with Crippen LogP contribution in [-0.2, 0) is 4.79 Å². The van der Waals surface area contributed by atoms with Crippen molar-refractivity contribution in [1.29, 1.82) is 0 Å². The Kier molecular flexibility index (Phi) is 2.73. The van der Waals surface area contributed by atoms with Gasteiger partial charge >= 0.3 is 0 Å². The van der Waals surface area contributed by atoms with Crippen molar-refractivity contribution >= 4 is 5.91 Å². The van der Waals surface area contributed by atoms with Gasteiger partial charge in [0.05, 0.1) is 0 Å². The second kappa shape index (κ2) is 3.44. The molecule has 0 unspecified atom stereocenters. The number of carbonyl (C=O) groups is 1. The third-order valence-corrected chi connectivity index (χ3v) is 2.57. The maximum absolute atomic E-state index is 11.5. The molecule has 0 bridgehead atoms. The molecule has 1 aliphatic carbocycles. The van der Waals surface area contributed by atoms with Crippen molar-refractivity contribution < 1.29 is 4.79 Å². The maximum Gasteiger partial charge on any atom is 0.222 e. The molecular weight excluding hydrogens is 152 g/mol. The van der Waals surface area contributed by atoms with Gasteiger partial charge in [-0.1, -0.05) is 6.92 Å². The molecule has 1 saturated carbocycles. The Bertz CT molecular complexity index is 175. The van der Waals surface area contributed by atoms with Gasteiger partial charge < -0.3 is 10.6 Å². The molecule has 0 saturated heterocycles. The monoisotopic (exact) mass is 170 g/mol. The maximum atomic E-state index is 11.5. The van der Waals surface area contributed by atoms with E-state index in [0.717, 1.165) is 0 Å². The van der Waals surface area contributed by atoms with Crippen LogP contribution in [0.2, 0.25) is 0 Å². The number of hydrogen-bond acceptors (Lipinski definition) is 2. The molecule has 1 fully saturated rings. The van der Waals surface area contributed by atoms with Crippen LogP contribution in [-0.4, -0.2) is 30.9 Å². The first-order chi connectivity index (χ1) is 5.57. The lowest BCUT2D eigenvalue weighted by Gasteiger charge is -2.18. The Balaban J connectivity index is 2.27. The second-order valence-electron chi connectivity index (χ2n) is 4.09. The van der Waals surface area contributed by atoms with Crippen LogP contribution in [0.1, 0.15) is 26.2 Å². The lowest BCUT2D eigenvalue weighted by atomic mass is 10.1. The molecule has 0 aromatic heterocycles. The lowest BCUT2D eigenvalue weighted by molar-refractivity contribution is -0.130. The minimum atomic E-state index is 0.237. The summed E-state index contributed by atoms with van der Waals surface area (Å²) in [6, 6.07) is 0. The fourth-order valence-electron chi connectivity index (χ4n) is 1.21. The van der Waals surface area contributed by atoms with E-state index < -0.39 is 0 Å². The average Bonchev–Trinajstić information content (AvgIpc) is 2.68. The lowest BCUT2D eigenvalue weighted by Crippen LogP contribution is -2.32. The fraction of sp³-hybridized carbons (Fsp3) is 0.889. The first-order valence-corrected chi connectivity index (χ1v) is 4.51. The summed E-state index contributed by atoms with van der Waals surface area (Å²) in [6.45, 7) is 3.40. The molecule has 0 atom stereocenters. The molecule has 0 aromatic carbocycles. The number of hydrogen-bond donors (Lipinski definition) is 1. The summed E-state index contributed by atoms with van der Waals surface area (Å²) in [4.78, 5) is 13.2. The van der Waals surface area contributed by atoms with Gasteiger partial charge in [0.25, 0.3) is 0 Å². The van der Waals surface area contributed by atoms with E-state index in [2.05, 4.69) is 6.92 Å². The molecule has 1 amide bonds. The smallest absolute Gasteiger partial charge is 0.222 e. The number of likely N-dealkylation sites (N-methyl/N-ethyl adjacent to an activating group) is 1. The van der Waals surface area contributed by atoms with Gasteiger partial charge in [0, 0.05) is 26.6 Å². The Morgan fingerprint density at radius 1 is 1.58 bits per heavy atom. The van der Waals surface area contributed by atoms with Crippen molar-refractivity contribution in [3.8, 4) is 0 Å². The van der Waals surface area contributed by atoms with Gasteiger partial charge in [-0.25, -0.2) is 0 Å². The SMILES string of the molecule is CN(CCN)C(=O)CC1(C)CC1. The summed E-state index contributed by atoms with van der Waals surface area (Å²) in [5, 5.41) is 0. The van der Waals surface area contributed by atoms with Crippen LogP contribution in [0, 0.1) is 5.41 Å². The third kappa shape index (κ3) is 2.48. The van der Waals surface area contributed by atoms with Crippen LogP contribution in [0.3, 0.4) is 0 Å². The van der Waals surface area contributed by atoms with Crippen molar-refractivity contribution in [1.82, 2.24) is 4.90 Å². The van der Waals surface area contributed by atoms with E-state index in [1.807, 2.05) is 7.05 Å². The van der Waals surface area contributed by atoms with E-state index in [1.54, 1.807) is 4.90 Å². The summed E-state index contributed by atoms with van der Waals surface area (Å²) in [7, 11) is 1.82. The molecule has 0 aliphatic heterocycles. The van der Waals surface area contributed by atoms with Crippen molar-refractivity contribution in [2.75, 3.05) is 20.1 Å². The van der Waals surface area contributed by atoms with E-state index in [0.29, 0.717) is 24.9 Å². The van der Waals surface area contributed by atoms with Crippen LogP contribution >= 0.6 is 0 Å². The molecule has 2 N–H and O–H groups in total. The van der Waals surface area contributed by atoms with E-state index in [9.17, 15) is 4.79 Å². The Labute approximate surface area is 73.9 Å². The van der Waals surface area contributed by atoms with Crippen LogP contribution in [0.15, 0.2) is 0 Å². The standard InChI is InChI=1S/C9H18N2O/c1-9(3-4-9)7-8(12)11(2)6-5-10/h3-7,10H2,1-2H3. The molecular formula is C9H18N2O. The van der Waals surface area contributed by atoms with Crippen LogP contribution in [0.4, 0.5) is 0 Å². The molecule has 3 heteroatoms. The van der Waals surface area contributed by atoms with Crippen molar-refractivity contribution in [3.63, 3.8) is 0 Å². The normalized spacial score (nSPS) is 18.9. The predicted octanol–water partition coefficient (Wildman–Crippen LogP) is 0.594. The summed E-state index contributed by atoms with van der Waals surface area (Å²) in [6.07, 6.45) is 3.11. The van der Waals surface area contributed by atoms with Gasteiger partial charge in [-0.2, -0.15) is 0 Å². The highest BCUT2D eigenvalue weighted by Crippen LogP contribution is 2.48. The Morgan fingerprint density at radius 3 is 2.58 bits per heavy atom. The van der Waals surface area contributed by atoms with E-state index >= 15 is 0 Å². The highest BCUT2D eigenvalue weighted by molar-refractivity contribution is 5.77. The molecule has 0 radical (unpaired) electrons. The summed E-state index contributed by atoms with van der Waals surface area (Å²) in [5.41, 5.74) is 5.67. The summed E-state index contributed by atoms with van der Waals surface area (Å²) >= 11 is 0. The summed E-state index contributed by atoms with van der Waals surface area (Å²) < 4.78 is 0. The molecule has 0 heterocycles. The van der Waals surface area contributed by atoms with Gasteiger partial charge in [0.15, 0.2) is 0 Å². The molecule has 0 aromatic rings. The molecule has 12 heavy (non-hydrogen) atoms. The van der Waals surface area contributed by atoms with Gasteiger partial charge in [-0.05, 0) is 18.3 Å². The van der Waals surface area contributed by atoms with E-state index in [-0.39, 0.29) is 5.91 Å². The van der Waals surface area contributed by atoms with Gasteiger partial charge in [-0.3, -0.25) is 4.79 Å². The first-order valence-electron chi connectivity index (χ1n) is 4.51. The zero-order valence-corrected chi connectivity index (χ0v) is 7.97. The number of nitrogens with two attached hydrogens (primary N) is 1. The number of rotatable bonds is 4. The molecule has 1 rings (SSSR count). The molecule has 0 spiro atoms. The zero-order chi connectivity index (χ0) is 9.19. The topological polar surface area (TPSA) is 46.3 Å². The van der Waals surface area contributed by atoms with Gasteiger partial charge in [-0.15, -0.1) is 0 Å². The highest BCUT2D eigenvalue weighted by atomic mass is 16.2. The summed E-state index contributed by atoms with van der Waals surface area (Å²) in [5.74, 6) is 0.237. The Morgan fingerprint density at radius 2 is 2.17 bits per heavy atom. The number of nitrogens with zero attached hydrogens (tertiary/aromatic N) is 1. The first kappa shape index (κ1) is 9.52. The third-order valence-electron chi connectivity index (χ3n) is 2.57. The van der Waals surface area contributed by atoms with Crippen molar-refractivity contribution in [2.45, 2.75) is 26.2 Å². The average molecular weight is 170 g/mol. The predicted molar refractivity (Wildman–Crippen MR) is 48.6 cm³/mol. The fourth-order valence-corrected chi connectivity index (χ4v) is 1.21. The van der Waals surface area contributed by atoms with Gasteiger partial charge in [0.1, 0.15) is 0 Å². The minimum absolute atomic E-state index is 0.237. The number of carbonyl (C=O) groups excluding carboxylic acids is 1. The van der Waals surface area contributed by atoms with Crippen molar-refractivity contribution in [3.05, 3.63) is 0 Å². The Hall–Kier alpha value is -0.570. The quantitative estimate of drug-likeness (QED) is 0.671. The molecule has 70 valence electrons. The second-order valence-corrected chi connectivity index (χ2v) is 4.09. The van der Waals surface area contributed by atoms with Gasteiger partial charge in [0.2, 0.25) is 5.91 Å². The number of amides is 1.